The fourth-order valence-electron chi connectivity index (χ4n) is 2.63. The van der Waals surface area contributed by atoms with E-state index in [9.17, 15) is 14.7 Å². The number of aliphatic carboxylic acids is 1. The number of ether oxygens (including phenoxy) is 1. The van der Waals surface area contributed by atoms with Crippen LogP contribution in [-0.2, 0) is 9.59 Å². The maximum atomic E-state index is 12.5. The number of carbonyl (C=O) groups excluding carboxylic acids is 1. The topological polar surface area (TPSA) is 66.8 Å². The summed E-state index contributed by atoms with van der Waals surface area (Å²) in [6, 6.07) is 8.33. The Bertz CT molecular complexity index is 502. The van der Waals surface area contributed by atoms with Gasteiger partial charge in [-0.05, 0) is 37.8 Å². The summed E-state index contributed by atoms with van der Waals surface area (Å²) in [6.07, 6.45) is 0.634. The summed E-state index contributed by atoms with van der Waals surface area (Å²) in [5, 5.41) is 9.31. The fraction of sp³-hybridized carbons (Fsp3) is 0.500. The minimum absolute atomic E-state index is 0.266. The van der Waals surface area contributed by atoms with E-state index in [-0.39, 0.29) is 5.91 Å². The molecule has 1 fully saturated rings. The van der Waals surface area contributed by atoms with Crippen molar-refractivity contribution in [2.45, 2.75) is 38.8 Å². The molecule has 0 saturated carbocycles. The molecule has 1 aromatic rings. The second-order valence-electron chi connectivity index (χ2n) is 5.59. The molecule has 21 heavy (non-hydrogen) atoms. The first kappa shape index (κ1) is 15.4. The van der Waals surface area contributed by atoms with Gasteiger partial charge in [-0.1, -0.05) is 25.1 Å². The van der Waals surface area contributed by atoms with Gasteiger partial charge in [-0.15, -0.1) is 0 Å². The van der Waals surface area contributed by atoms with Gasteiger partial charge in [0.1, 0.15) is 11.8 Å². The second-order valence-corrected chi connectivity index (χ2v) is 5.59. The largest absolute Gasteiger partial charge is 0.481 e. The SMILES string of the molecule is CC1CCN(C(=O)C(C)Oc2ccccc2)C(C(=O)O)C1. The van der Waals surface area contributed by atoms with E-state index in [4.69, 9.17) is 4.74 Å². The van der Waals surface area contributed by atoms with Gasteiger partial charge < -0.3 is 14.7 Å². The molecular formula is C16H21NO4. The third-order valence-corrected chi connectivity index (χ3v) is 3.84. The highest BCUT2D eigenvalue weighted by atomic mass is 16.5. The van der Waals surface area contributed by atoms with Crippen molar-refractivity contribution in [1.82, 2.24) is 4.90 Å². The van der Waals surface area contributed by atoms with Gasteiger partial charge in [-0.2, -0.15) is 0 Å². The predicted octanol–water partition coefficient (Wildman–Crippen LogP) is 2.17. The van der Waals surface area contributed by atoms with E-state index in [0.29, 0.717) is 24.6 Å². The molecule has 3 unspecified atom stereocenters. The van der Waals surface area contributed by atoms with Gasteiger partial charge in [0.05, 0.1) is 0 Å². The molecule has 114 valence electrons. The normalized spacial score (nSPS) is 23.4. The van der Waals surface area contributed by atoms with Crippen molar-refractivity contribution in [3.8, 4) is 5.75 Å². The van der Waals surface area contributed by atoms with Crippen molar-refractivity contribution in [2.75, 3.05) is 6.54 Å². The highest BCUT2D eigenvalue weighted by molar-refractivity contribution is 5.86. The maximum absolute atomic E-state index is 12.5. The molecule has 0 aliphatic carbocycles. The molecular weight excluding hydrogens is 270 g/mol. The summed E-state index contributed by atoms with van der Waals surface area (Å²) in [5.74, 6) is -0.281. The summed E-state index contributed by atoms with van der Waals surface area (Å²) >= 11 is 0. The average molecular weight is 291 g/mol. The van der Waals surface area contributed by atoms with Crippen LogP contribution in [0.4, 0.5) is 0 Å². The van der Waals surface area contributed by atoms with E-state index < -0.39 is 18.1 Å². The van der Waals surface area contributed by atoms with Gasteiger partial charge in [0, 0.05) is 6.54 Å². The van der Waals surface area contributed by atoms with Crippen LogP contribution in [0.25, 0.3) is 0 Å². The fourth-order valence-corrected chi connectivity index (χ4v) is 2.63. The van der Waals surface area contributed by atoms with Crippen LogP contribution in [-0.4, -0.2) is 40.6 Å². The molecule has 2 rings (SSSR count). The molecule has 3 atom stereocenters. The van der Waals surface area contributed by atoms with Crippen molar-refractivity contribution in [3.05, 3.63) is 30.3 Å². The third-order valence-electron chi connectivity index (χ3n) is 3.84. The minimum Gasteiger partial charge on any atom is -0.481 e. The molecule has 1 heterocycles. The zero-order valence-corrected chi connectivity index (χ0v) is 12.4. The molecule has 1 aliphatic rings. The van der Waals surface area contributed by atoms with Crippen LogP contribution < -0.4 is 4.74 Å². The molecule has 1 amide bonds. The van der Waals surface area contributed by atoms with Crippen LogP contribution in [0.3, 0.4) is 0 Å². The van der Waals surface area contributed by atoms with Crippen LogP contribution in [0.1, 0.15) is 26.7 Å². The standard InChI is InChI=1S/C16H21NO4/c1-11-8-9-17(14(10-11)16(19)20)15(18)12(2)21-13-6-4-3-5-7-13/h3-7,11-12,14H,8-10H2,1-2H3,(H,19,20). The van der Waals surface area contributed by atoms with E-state index in [1.807, 2.05) is 25.1 Å². The smallest absolute Gasteiger partial charge is 0.326 e. The number of carbonyl (C=O) groups is 2. The first-order chi connectivity index (χ1) is 9.99. The molecule has 0 aromatic heterocycles. The summed E-state index contributed by atoms with van der Waals surface area (Å²) in [4.78, 5) is 25.3. The number of likely N-dealkylation sites (tertiary alicyclic amines) is 1. The van der Waals surface area contributed by atoms with E-state index in [2.05, 4.69) is 0 Å². The van der Waals surface area contributed by atoms with Gasteiger partial charge in [0.2, 0.25) is 0 Å². The van der Waals surface area contributed by atoms with E-state index in [0.717, 1.165) is 6.42 Å². The lowest BCUT2D eigenvalue weighted by Gasteiger charge is -2.37. The highest BCUT2D eigenvalue weighted by Crippen LogP contribution is 2.24. The number of amides is 1. The summed E-state index contributed by atoms with van der Waals surface area (Å²) in [6.45, 7) is 4.15. The lowest BCUT2D eigenvalue weighted by Crippen LogP contribution is -2.53. The maximum Gasteiger partial charge on any atom is 0.326 e. The zero-order chi connectivity index (χ0) is 15.4. The number of carboxylic acids is 1. The Morgan fingerprint density at radius 1 is 1.33 bits per heavy atom. The van der Waals surface area contributed by atoms with Crippen molar-refractivity contribution >= 4 is 11.9 Å². The first-order valence-electron chi connectivity index (χ1n) is 7.24. The molecule has 1 aliphatic heterocycles. The quantitative estimate of drug-likeness (QED) is 0.923. The monoisotopic (exact) mass is 291 g/mol. The number of piperidine rings is 1. The molecule has 1 N–H and O–H groups in total. The van der Waals surface area contributed by atoms with Gasteiger partial charge >= 0.3 is 5.97 Å². The molecule has 0 bridgehead atoms. The number of carboxylic acid groups (broad SMARTS) is 1. The Hall–Kier alpha value is -2.04. The minimum atomic E-state index is -0.943. The average Bonchev–Trinajstić information content (AvgIpc) is 2.47. The molecule has 0 radical (unpaired) electrons. The Labute approximate surface area is 124 Å². The Balaban J connectivity index is 2.05. The zero-order valence-electron chi connectivity index (χ0n) is 12.4. The molecule has 5 nitrogen and oxygen atoms in total. The van der Waals surface area contributed by atoms with Crippen LogP contribution >= 0.6 is 0 Å². The Morgan fingerprint density at radius 2 is 2.00 bits per heavy atom. The number of nitrogens with zero attached hydrogens (tertiary/aromatic N) is 1. The Kier molecular flexibility index (Phi) is 4.83. The van der Waals surface area contributed by atoms with Crippen LogP contribution in [0, 0.1) is 5.92 Å². The third kappa shape index (κ3) is 3.74. The first-order valence-corrected chi connectivity index (χ1v) is 7.24. The van der Waals surface area contributed by atoms with Crippen LogP contribution in [0.15, 0.2) is 30.3 Å². The molecule has 5 heteroatoms. The van der Waals surface area contributed by atoms with Crippen molar-refractivity contribution in [1.29, 1.82) is 0 Å². The van der Waals surface area contributed by atoms with Crippen LogP contribution in [0.2, 0.25) is 0 Å². The van der Waals surface area contributed by atoms with Gasteiger partial charge in [0.25, 0.3) is 5.91 Å². The van der Waals surface area contributed by atoms with Crippen molar-refractivity contribution < 1.29 is 19.4 Å². The van der Waals surface area contributed by atoms with Crippen molar-refractivity contribution in [3.63, 3.8) is 0 Å². The summed E-state index contributed by atoms with van der Waals surface area (Å²) in [7, 11) is 0. The highest BCUT2D eigenvalue weighted by Gasteiger charge is 2.36. The lowest BCUT2D eigenvalue weighted by molar-refractivity contribution is -0.156. The molecule has 1 saturated heterocycles. The lowest BCUT2D eigenvalue weighted by atomic mass is 9.92. The second kappa shape index (κ2) is 6.61. The number of benzene rings is 1. The predicted molar refractivity (Wildman–Crippen MR) is 78.1 cm³/mol. The van der Waals surface area contributed by atoms with E-state index in [1.54, 1.807) is 19.1 Å². The van der Waals surface area contributed by atoms with E-state index >= 15 is 0 Å². The molecule has 1 aromatic carbocycles. The number of rotatable bonds is 4. The summed E-state index contributed by atoms with van der Waals surface area (Å²) < 4.78 is 5.60. The number of hydrogen-bond acceptors (Lipinski definition) is 3. The number of para-hydroxylation sites is 1. The van der Waals surface area contributed by atoms with E-state index in [1.165, 1.54) is 4.90 Å². The molecule has 0 spiro atoms. The number of hydrogen-bond donors (Lipinski definition) is 1. The van der Waals surface area contributed by atoms with Gasteiger partial charge in [0.15, 0.2) is 6.10 Å². The van der Waals surface area contributed by atoms with Crippen LogP contribution in [0.5, 0.6) is 5.75 Å². The van der Waals surface area contributed by atoms with Gasteiger partial charge in [-0.25, -0.2) is 4.79 Å². The summed E-state index contributed by atoms with van der Waals surface area (Å²) in [5.41, 5.74) is 0. The van der Waals surface area contributed by atoms with Gasteiger partial charge in [-0.3, -0.25) is 4.79 Å². The van der Waals surface area contributed by atoms with Crippen molar-refractivity contribution in [2.24, 2.45) is 5.92 Å². The Morgan fingerprint density at radius 3 is 2.62 bits per heavy atom.